The third-order valence-corrected chi connectivity index (χ3v) is 2.68. The molecule has 2 rings (SSSR count). The minimum atomic E-state index is -0.477. The quantitative estimate of drug-likeness (QED) is 0.698. The lowest BCUT2D eigenvalue weighted by Crippen LogP contribution is -2.16. The van der Waals surface area contributed by atoms with E-state index in [0.717, 1.165) is 12.2 Å². The molecular weight excluding hydrogens is 234 g/mol. The van der Waals surface area contributed by atoms with E-state index >= 15 is 0 Å². The molecule has 0 spiro atoms. The molecule has 4 N–H and O–H groups in total. The van der Waals surface area contributed by atoms with Crippen LogP contribution >= 0.6 is 0 Å². The Labute approximate surface area is 104 Å². The van der Waals surface area contributed by atoms with Crippen LogP contribution in [0.3, 0.4) is 0 Å². The Morgan fingerprint density at radius 3 is 3.06 bits per heavy atom. The van der Waals surface area contributed by atoms with Crippen molar-refractivity contribution in [1.82, 2.24) is 4.98 Å². The molecule has 1 aromatic heterocycles. The van der Waals surface area contributed by atoms with Gasteiger partial charge in [-0.1, -0.05) is 6.92 Å². The molecule has 18 heavy (non-hydrogen) atoms. The van der Waals surface area contributed by atoms with Crippen LogP contribution in [0.1, 0.15) is 6.92 Å². The molecule has 0 bridgehead atoms. The molecular formula is C12H17N3O3. The van der Waals surface area contributed by atoms with Gasteiger partial charge in [0, 0.05) is 19.7 Å². The minimum absolute atomic E-state index is 0.369. The van der Waals surface area contributed by atoms with Crippen molar-refractivity contribution >= 4 is 22.5 Å². The number of aromatic amines is 1. The number of ether oxygens (including phenoxy) is 1. The maximum atomic E-state index is 11.1. The van der Waals surface area contributed by atoms with Gasteiger partial charge in [-0.15, -0.1) is 0 Å². The molecule has 6 heteroatoms. The number of oxazole rings is 1. The number of hydrogen-bond donors (Lipinski definition) is 3. The molecule has 0 aliphatic rings. The van der Waals surface area contributed by atoms with Crippen LogP contribution < -0.4 is 16.8 Å². The van der Waals surface area contributed by atoms with Crippen molar-refractivity contribution in [3.05, 3.63) is 22.7 Å². The summed E-state index contributed by atoms with van der Waals surface area (Å²) in [6.07, 6.45) is 0. The topological polar surface area (TPSA) is 93.3 Å². The zero-order chi connectivity index (χ0) is 13.1. The molecule has 1 atom stereocenters. The first-order valence-electron chi connectivity index (χ1n) is 5.75. The van der Waals surface area contributed by atoms with E-state index in [1.165, 1.54) is 0 Å². The summed E-state index contributed by atoms with van der Waals surface area (Å²) in [6.45, 7) is 3.49. The number of nitrogens with two attached hydrogens (primary N) is 1. The highest BCUT2D eigenvalue weighted by atomic mass is 16.5. The van der Waals surface area contributed by atoms with Crippen LogP contribution in [0, 0.1) is 5.92 Å². The number of rotatable bonds is 5. The van der Waals surface area contributed by atoms with Crippen molar-refractivity contribution in [1.29, 1.82) is 0 Å². The fourth-order valence-electron chi connectivity index (χ4n) is 1.79. The molecule has 98 valence electrons. The lowest BCUT2D eigenvalue weighted by atomic mass is 10.2. The molecule has 0 radical (unpaired) electrons. The summed E-state index contributed by atoms with van der Waals surface area (Å²) in [5.41, 5.74) is 8.32. The number of methoxy groups -OCH3 is 1. The predicted molar refractivity (Wildman–Crippen MR) is 70.8 cm³/mol. The van der Waals surface area contributed by atoms with Crippen molar-refractivity contribution in [3.8, 4) is 0 Å². The molecule has 2 aromatic rings. The van der Waals surface area contributed by atoms with E-state index in [2.05, 4.69) is 17.2 Å². The Kier molecular flexibility index (Phi) is 3.57. The lowest BCUT2D eigenvalue weighted by molar-refractivity contribution is 0.164. The van der Waals surface area contributed by atoms with Gasteiger partial charge in [0.15, 0.2) is 5.58 Å². The Morgan fingerprint density at radius 1 is 1.56 bits per heavy atom. The Hall–Kier alpha value is -1.95. The van der Waals surface area contributed by atoms with Gasteiger partial charge in [-0.25, -0.2) is 4.79 Å². The van der Waals surface area contributed by atoms with Gasteiger partial charge < -0.3 is 20.2 Å². The average Bonchev–Trinajstić information content (AvgIpc) is 2.65. The van der Waals surface area contributed by atoms with E-state index in [1.807, 2.05) is 0 Å². The van der Waals surface area contributed by atoms with Crippen molar-refractivity contribution in [3.63, 3.8) is 0 Å². The number of benzene rings is 1. The van der Waals surface area contributed by atoms with Crippen LogP contribution in [-0.4, -0.2) is 25.2 Å². The highest BCUT2D eigenvalue weighted by Gasteiger charge is 2.08. The molecule has 0 aliphatic heterocycles. The molecule has 0 saturated carbocycles. The number of nitrogens with one attached hydrogen (secondary N) is 2. The summed E-state index contributed by atoms with van der Waals surface area (Å²) >= 11 is 0. The molecule has 6 nitrogen and oxygen atoms in total. The van der Waals surface area contributed by atoms with Gasteiger partial charge in [0.25, 0.3) is 0 Å². The maximum Gasteiger partial charge on any atom is 0.417 e. The lowest BCUT2D eigenvalue weighted by Gasteiger charge is -2.13. The van der Waals surface area contributed by atoms with Crippen LogP contribution in [-0.2, 0) is 4.74 Å². The van der Waals surface area contributed by atoms with Crippen LogP contribution in [0.25, 0.3) is 11.1 Å². The average molecular weight is 251 g/mol. The molecule has 1 unspecified atom stereocenters. The van der Waals surface area contributed by atoms with Crippen molar-refractivity contribution < 1.29 is 9.15 Å². The predicted octanol–water partition coefficient (Wildman–Crippen LogP) is 1.40. The standard InChI is InChI=1S/C12H17N3O3/c1-7(6-17-2)5-14-9-4-10-11(3-8(9)13)18-12(16)15-10/h3-4,7,14H,5-6,13H2,1-2H3,(H,15,16). The van der Waals surface area contributed by atoms with Crippen LogP contribution in [0.4, 0.5) is 11.4 Å². The molecule has 0 amide bonds. The van der Waals surface area contributed by atoms with E-state index in [4.69, 9.17) is 14.9 Å². The molecule has 1 aromatic carbocycles. The molecule has 0 aliphatic carbocycles. The largest absolute Gasteiger partial charge is 0.417 e. The van der Waals surface area contributed by atoms with Crippen LogP contribution in [0.2, 0.25) is 0 Å². The monoisotopic (exact) mass is 251 g/mol. The third-order valence-electron chi connectivity index (χ3n) is 2.68. The third kappa shape index (κ3) is 2.65. The number of nitrogen functional groups attached to an aromatic ring is 1. The van der Waals surface area contributed by atoms with E-state index in [9.17, 15) is 4.79 Å². The van der Waals surface area contributed by atoms with E-state index in [1.54, 1.807) is 19.2 Å². The summed E-state index contributed by atoms with van der Waals surface area (Å²) in [7, 11) is 1.67. The summed E-state index contributed by atoms with van der Waals surface area (Å²) in [6, 6.07) is 3.41. The number of fused-ring (bicyclic) bond motifs is 1. The second-order valence-corrected chi connectivity index (χ2v) is 4.39. The van der Waals surface area contributed by atoms with Gasteiger partial charge in [0.2, 0.25) is 0 Å². The maximum absolute atomic E-state index is 11.1. The fraction of sp³-hybridized carbons (Fsp3) is 0.417. The van der Waals surface area contributed by atoms with Gasteiger partial charge in [-0.3, -0.25) is 4.98 Å². The van der Waals surface area contributed by atoms with E-state index < -0.39 is 5.76 Å². The summed E-state index contributed by atoms with van der Waals surface area (Å²) in [5.74, 6) is -0.109. The van der Waals surface area contributed by atoms with Crippen LogP contribution in [0.5, 0.6) is 0 Å². The van der Waals surface area contributed by atoms with E-state index in [-0.39, 0.29) is 0 Å². The first kappa shape index (κ1) is 12.5. The number of aromatic nitrogens is 1. The van der Waals surface area contributed by atoms with Crippen LogP contribution in [0.15, 0.2) is 21.3 Å². The van der Waals surface area contributed by atoms with Crippen molar-refractivity contribution in [2.24, 2.45) is 5.92 Å². The zero-order valence-corrected chi connectivity index (χ0v) is 10.4. The Balaban J connectivity index is 2.17. The summed E-state index contributed by atoms with van der Waals surface area (Å²) in [5, 5.41) is 3.23. The zero-order valence-electron chi connectivity index (χ0n) is 10.4. The highest BCUT2D eigenvalue weighted by molar-refractivity contribution is 5.85. The number of H-pyrrole nitrogens is 1. The van der Waals surface area contributed by atoms with Gasteiger partial charge >= 0.3 is 5.76 Å². The first-order chi connectivity index (χ1) is 8.60. The summed E-state index contributed by atoms with van der Waals surface area (Å²) < 4.78 is 9.99. The SMILES string of the molecule is COCC(C)CNc1cc2[nH]c(=O)oc2cc1N. The fourth-order valence-corrected chi connectivity index (χ4v) is 1.79. The molecule has 0 fully saturated rings. The summed E-state index contributed by atoms with van der Waals surface area (Å²) in [4.78, 5) is 13.7. The van der Waals surface area contributed by atoms with Gasteiger partial charge in [-0.2, -0.15) is 0 Å². The van der Waals surface area contributed by atoms with Gasteiger partial charge in [0.05, 0.1) is 23.5 Å². The van der Waals surface area contributed by atoms with Gasteiger partial charge in [0.1, 0.15) is 0 Å². The van der Waals surface area contributed by atoms with Crippen molar-refractivity contribution in [2.45, 2.75) is 6.92 Å². The molecule has 0 saturated heterocycles. The van der Waals surface area contributed by atoms with Gasteiger partial charge in [-0.05, 0) is 12.0 Å². The Bertz CT molecular complexity index is 588. The highest BCUT2D eigenvalue weighted by Crippen LogP contribution is 2.24. The molecule has 1 heterocycles. The smallest absolute Gasteiger partial charge is 0.408 e. The number of hydrogen-bond acceptors (Lipinski definition) is 5. The second-order valence-electron chi connectivity index (χ2n) is 4.39. The normalized spacial score (nSPS) is 12.8. The number of anilines is 2. The van der Waals surface area contributed by atoms with Crippen molar-refractivity contribution in [2.75, 3.05) is 31.3 Å². The first-order valence-corrected chi connectivity index (χ1v) is 5.75. The second kappa shape index (κ2) is 5.14. The Morgan fingerprint density at radius 2 is 2.33 bits per heavy atom. The van der Waals surface area contributed by atoms with E-state index in [0.29, 0.717) is 29.3 Å². The minimum Gasteiger partial charge on any atom is -0.408 e.